The van der Waals surface area contributed by atoms with E-state index < -0.39 is 13.1 Å². The van der Waals surface area contributed by atoms with Crippen LogP contribution >= 0.6 is 0 Å². The lowest BCUT2D eigenvalue weighted by molar-refractivity contribution is -0.130. The summed E-state index contributed by atoms with van der Waals surface area (Å²) in [6.07, 6.45) is 2.21. The molecule has 0 spiro atoms. The van der Waals surface area contributed by atoms with Gasteiger partial charge in [-0.1, -0.05) is 18.2 Å². The van der Waals surface area contributed by atoms with Gasteiger partial charge in [0.25, 0.3) is 5.91 Å². The molecule has 2 aliphatic heterocycles. The van der Waals surface area contributed by atoms with Crippen molar-refractivity contribution >= 4 is 18.9 Å². The van der Waals surface area contributed by atoms with Crippen LogP contribution in [0.2, 0.25) is 0 Å². The van der Waals surface area contributed by atoms with Crippen LogP contribution in [0.25, 0.3) is 0 Å². The van der Waals surface area contributed by atoms with Crippen molar-refractivity contribution in [3.63, 3.8) is 0 Å². The fourth-order valence-corrected chi connectivity index (χ4v) is 3.62. The molecule has 2 heterocycles. The number of benzene rings is 1. The number of nitrogens with one attached hydrogen (secondary N) is 1. The molecule has 2 saturated heterocycles. The van der Waals surface area contributed by atoms with Gasteiger partial charge in [-0.2, -0.15) is 0 Å². The highest BCUT2D eigenvalue weighted by molar-refractivity contribution is 6.43. The summed E-state index contributed by atoms with van der Waals surface area (Å²) in [5.41, 5.74) is 0.677. The zero-order chi connectivity index (χ0) is 17.8. The number of carbonyl (C=O) groups is 2. The average Bonchev–Trinajstić information content (AvgIpc) is 3.29. The van der Waals surface area contributed by atoms with Crippen molar-refractivity contribution < 1.29 is 19.6 Å². The first-order valence-corrected chi connectivity index (χ1v) is 8.79. The molecule has 0 saturated carbocycles. The van der Waals surface area contributed by atoms with Crippen molar-refractivity contribution in [1.82, 2.24) is 15.1 Å². The molecule has 3 N–H and O–H groups in total. The van der Waals surface area contributed by atoms with Gasteiger partial charge < -0.3 is 25.2 Å². The van der Waals surface area contributed by atoms with Gasteiger partial charge in [-0.05, 0) is 31.4 Å². The van der Waals surface area contributed by atoms with Crippen LogP contribution < -0.4 is 5.32 Å². The van der Waals surface area contributed by atoms with Gasteiger partial charge in [0.05, 0.1) is 12.5 Å². The van der Waals surface area contributed by atoms with E-state index in [9.17, 15) is 19.6 Å². The van der Waals surface area contributed by atoms with Crippen LogP contribution in [0, 0.1) is 0 Å². The second kappa shape index (κ2) is 7.99. The van der Waals surface area contributed by atoms with Crippen LogP contribution in [0.1, 0.15) is 29.6 Å². The topological polar surface area (TPSA) is 93.1 Å². The highest BCUT2D eigenvalue weighted by Crippen LogP contribution is 2.18. The molecule has 0 bridgehead atoms. The number of nitrogens with zero attached hydrogens (tertiary/aromatic N) is 2. The molecular weight excluding hydrogens is 321 g/mol. The third-order valence-corrected chi connectivity index (χ3v) is 5.00. The molecule has 0 aromatic heterocycles. The Morgan fingerprint density at radius 2 is 1.92 bits per heavy atom. The van der Waals surface area contributed by atoms with Crippen LogP contribution in [0.3, 0.4) is 0 Å². The standard InChI is InChI=1S/C17H24BN3O4/c22-16(21-9-4-7-15(21)18(24)25)11-19-14-8-10-20(12-14)17(23)13-5-2-1-3-6-13/h1-3,5-6,14-15,19,24-25H,4,7-12H2/t14-,15-/m0/s1. The van der Waals surface area contributed by atoms with E-state index in [1.54, 1.807) is 21.9 Å². The van der Waals surface area contributed by atoms with Gasteiger partial charge >= 0.3 is 7.12 Å². The monoisotopic (exact) mass is 345 g/mol. The van der Waals surface area contributed by atoms with Crippen molar-refractivity contribution in [2.24, 2.45) is 0 Å². The van der Waals surface area contributed by atoms with Crippen molar-refractivity contribution in [3.05, 3.63) is 35.9 Å². The molecule has 0 aliphatic carbocycles. The van der Waals surface area contributed by atoms with E-state index in [0.717, 1.165) is 12.8 Å². The second-order valence-electron chi connectivity index (χ2n) is 6.69. The molecule has 2 atom stereocenters. The molecule has 2 aliphatic rings. The quantitative estimate of drug-likeness (QED) is 0.626. The van der Waals surface area contributed by atoms with Gasteiger partial charge in [0, 0.05) is 31.2 Å². The summed E-state index contributed by atoms with van der Waals surface area (Å²) in [5, 5.41) is 21.9. The third kappa shape index (κ3) is 4.20. The highest BCUT2D eigenvalue weighted by Gasteiger charge is 2.37. The van der Waals surface area contributed by atoms with Gasteiger partial charge in [0.15, 0.2) is 0 Å². The van der Waals surface area contributed by atoms with Gasteiger partial charge in [-0.15, -0.1) is 0 Å². The Kier molecular flexibility index (Phi) is 5.72. The normalized spacial score (nSPS) is 23.1. The first-order valence-electron chi connectivity index (χ1n) is 8.79. The minimum absolute atomic E-state index is 0.0132. The summed E-state index contributed by atoms with van der Waals surface area (Å²) in [4.78, 5) is 28.1. The molecule has 0 radical (unpaired) electrons. The van der Waals surface area contributed by atoms with Gasteiger partial charge in [0.2, 0.25) is 5.91 Å². The Balaban J connectivity index is 1.47. The van der Waals surface area contributed by atoms with Crippen LogP contribution in [0.4, 0.5) is 0 Å². The summed E-state index contributed by atoms with van der Waals surface area (Å²) < 4.78 is 0. The zero-order valence-electron chi connectivity index (χ0n) is 14.2. The summed E-state index contributed by atoms with van der Waals surface area (Å²) in [5.74, 6) is -0.614. The van der Waals surface area contributed by atoms with Crippen molar-refractivity contribution in [1.29, 1.82) is 0 Å². The number of rotatable bonds is 5. The SMILES string of the molecule is O=C(c1ccccc1)N1CC[C@H](NCC(=O)N2CCC[C@H]2B(O)O)C1. The fraction of sp³-hybridized carbons (Fsp3) is 0.529. The molecule has 7 nitrogen and oxygen atoms in total. The van der Waals surface area contributed by atoms with E-state index in [4.69, 9.17) is 0 Å². The lowest BCUT2D eigenvalue weighted by atomic mass is 9.78. The predicted octanol–water partition coefficient (Wildman–Crippen LogP) is -0.506. The Morgan fingerprint density at radius 3 is 2.64 bits per heavy atom. The van der Waals surface area contributed by atoms with E-state index in [1.165, 1.54) is 0 Å². The first-order chi connectivity index (χ1) is 12.1. The molecule has 1 aromatic carbocycles. The van der Waals surface area contributed by atoms with E-state index in [2.05, 4.69) is 5.32 Å². The van der Waals surface area contributed by atoms with E-state index >= 15 is 0 Å². The smallest absolute Gasteiger partial charge is 0.426 e. The maximum Gasteiger partial charge on any atom is 0.475 e. The predicted molar refractivity (Wildman–Crippen MR) is 93.7 cm³/mol. The molecule has 3 rings (SSSR count). The van der Waals surface area contributed by atoms with E-state index in [1.807, 2.05) is 18.2 Å². The Morgan fingerprint density at radius 1 is 1.16 bits per heavy atom. The van der Waals surface area contributed by atoms with Crippen LogP contribution in [0.15, 0.2) is 30.3 Å². The van der Waals surface area contributed by atoms with Crippen molar-refractivity contribution in [2.75, 3.05) is 26.2 Å². The second-order valence-corrected chi connectivity index (χ2v) is 6.69. The average molecular weight is 345 g/mol. The number of amides is 2. The summed E-state index contributed by atoms with van der Waals surface area (Å²) in [7, 11) is -1.49. The molecular formula is C17H24BN3O4. The van der Waals surface area contributed by atoms with Crippen LogP contribution in [0.5, 0.6) is 0 Å². The van der Waals surface area contributed by atoms with E-state index in [-0.39, 0.29) is 24.4 Å². The lowest BCUT2D eigenvalue weighted by Crippen LogP contribution is -2.49. The van der Waals surface area contributed by atoms with Crippen LogP contribution in [-0.2, 0) is 4.79 Å². The number of carbonyl (C=O) groups excluding carboxylic acids is 2. The molecule has 134 valence electrons. The van der Waals surface area contributed by atoms with Crippen molar-refractivity contribution in [3.8, 4) is 0 Å². The summed E-state index contributed by atoms with van der Waals surface area (Å²) in [6, 6.07) is 9.27. The first kappa shape index (κ1) is 17.9. The maximum atomic E-state index is 12.4. The molecule has 0 unspecified atom stereocenters. The lowest BCUT2D eigenvalue weighted by Gasteiger charge is -2.25. The molecule has 1 aromatic rings. The summed E-state index contributed by atoms with van der Waals surface area (Å²) >= 11 is 0. The minimum Gasteiger partial charge on any atom is -0.426 e. The molecule has 2 amide bonds. The number of hydrogen-bond acceptors (Lipinski definition) is 5. The Labute approximate surface area is 147 Å². The Hall–Kier alpha value is -1.90. The molecule has 25 heavy (non-hydrogen) atoms. The maximum absolute atomic E-state index is 12.4. The minimum atomic E-state index is -1.49. The molecule has 2 fully saturated rings. The largest absolute Gasteiger partial charge is 0.475 e. The van der Waals surface area contributed by atoms with Crippen molar-refractivity contribution in [2.45, 2.75) is 31.2 Å². The third-order valence-electron chi connectivity index (χ3n) is 5.00. The Bertz CT molecular complexity index is 613. The van der Waals surface area contributed by atoms with Crippen LogP contribution in [-0.4, -0.2) is 76.9 Å². The fourth-order valence-electron chi connectivity index (χ4n) is 3.62. The highest BCUT2D eigenvalue weighted by atomic mass is 16.4. The van der Waals surface area contributed by atoms with Gasteiger partial charge in [-0.25, -0.2) is 0 Å². The van der Waals surface area contributed by atoms with E-state index in [0.29, 0.717) is 31.6 Å². The van der Waals surface area contributed by atoms with Gasteiger partial charge in [-0.3, -0.25) is 9.59 Å². The number of hydrogen-bond donors (Lipinski definition) is 3. The van der Waals surface area contributed by atoms with Gasteiger partial charge in [0.1, 0.15) is 0 Å². The summed E-state index contributed by atoms with van der Waals surface area (Å²) in [6.45, 7) is 1.96. The zero-order valence-corrected chi connectivity index (χ0v) is 14.2. The number of likely N-dealkylation sites (tertiary alicyclic amines) is 2. The molecule has 8 heteroatoms.